The molecule has 8 heteroatoms. The molecule has 0 spiro atoms. The van der Waals surface area contributed by atoms with Crippen LogP contribution >= 0.6 is 11.8 Å². The van der Waals surface area contributed by atoms with E-state index in [1.807, 2.05) is 0 Å². The summed E-state index contributed by atoms with van der Waals surface area (Å²) < 4.78 is 18.7. The van der Waals surface area contributed by atoms with Crippen molar-refractivity contribution in [2.45, 2.75) is 0 Å². The summed E-state index contributed by atoms with van der Waals surface area (Å²) in [4.78, 5) is 20.4. The lowest BCUT2D eigenvalue weighted by atomic mass is 10.1. The van der Waals surface area contributed by atoms with Crippen molar-refractivity contribution in [3.8, 4) is 11.1 Å². The molecule has 0 saturated carbocycles. The predicted molar refractivity (Wildman–Crippen MR) is 107 cm³/mol. The highest BCUT2D eigenvalue weighted by atomic mass is 32.2. The maximum absolute atomic E-state index is 13.9. The second kappa shape index (κ2) is 8.73. The van der Waals surface area contributed by atoms with E-state index < -0.39 is 5.97 Å². The van der Waals surface area contributed by atoms with Gasteiger partial charge in [0.05, 0.1) is 23.3 Å². The fourth-order valence-corrected chi connectivity index (χ4v) is 3.04. The number of rotatable bonds is 5. The second-order valence-electron chi connectivity index (χ2n) is 5.78. The Kier molecular flexibility index (Phi) is 6.13. The third-order valence-electron chi connectivity index (χ3n) is 4.06. The molecule has 0 fully saturated rings. The van der Waals surface area contributed by atoms with Gasteiger partial charge in [-0.2, -0.15) is 9.97 Å². The summed E-state index contributed by atoms with van der Waals surface area (Å²) in [6, 6.07) is 11.4. The largest absolute Gasteiger partial charge is 0.465 e. The van der Waals surface area contributed by atoms with Crippen molar-refractivity contribution in [2.24, 2.45) is 0 Å². The van der Waals surface area contributed by atoms with E-state index in [-0.39, 0.29) is 5.82 Å². The number of nitrogens with one attached hydrogen (secondary N) is 1. The maximum atomic E-state index is 13.9. The van der Waals surface area contributed by atoms with Gasteiger partial charge in [-0.05, 0) is 24.5 Å². The first-order valence-corrected chi connectivity index (χ1v) is 9.53. The number of esters is 1. The summed E-state index contributed by atoms with van der Waals surface area (Å²) in [5.41, 5.74) is 2.64. The second-order valence-corrected chi connectivity index (χ2v) is 6.60. The molecule has 0 aliphatic heterocycles. The van der Waals surface area contributed by atoms with Gasteiger partial charge in [-0.25, -0.2) is 14.5 Å². The number of hydrogen-bond acceptors (Lipinski definition) is 6. The van der Waals surface area contributed by atoms with Gasteiger partial charge in [0, 0.05) is 29.6 Å². The van der Waals surface area contributed by atoms with Gasteiger partial charge in [0.1, 0.15) is 11.5 Å². The topological polar surface area (TPSA) is 92.5 Å². The van der Waals surface area contributed by atoms with E-state index >= 15 is 0 Å². The fraction of sp³-hybridized carbons (Fsp3) is 0.100. The zero-order chi connectivity index (χ0) is 20.1. The molecule has 28 heavy (non-hydrogen) atoms. The highest BCUT2D eigenvalue weighted by Crippen LogP contribution is 2.22. The SMILES string of the molecule is COC(=O)c1ccc(C(=N)SC)c([NH2+]c2ncc(-c3ccccc3F)cn2)c1. The average molecular weight is 397 g/mol. The van der Waals surface area contributed by atoms with Gasteiger partial charge < -0.3 is 4.74 Å². The molecule has 6 nitrogen and oxygen atoms in total. The van der Waals surface area contributed by atoms with Crippen molar-refractivity contribution in [3.63, 3.8) is 0 Å². The molecule has 0 bridgehead atoms. The molecule has 0 atom stereocenters. The number of carbonyl (C=O) groups is 1. The molecular weight excluding hydrogens is 379 g/mol. The highest BCUT2D eigenvalue weighted by molar-refractivity contribution is 8.13. The van der Waals surface area contributed by atoms with Gasteiger partial charge >= 0.3 is 11.9 Å². The standard InChI is InChI=1S/C20H17FN4O2S/c1-27-19(26)12-7-8-15(18(22)28-2)17(9-12)25-20-23-10-13(11-24-20)14-5-3-4-6-16(14)21/h3-11,22H,1-2H3,(H,23,24,25)/p+1. The normalized spacial score (nSPS) is 10.5. The molecule has 0 aliphatic rings. The van der Waals surface area contributed by atoms with Gasteiger partial charge in [0.25, 0.3) is 0 Å². The number of carbonyl (C=O) groups excluding carboxylic acids is 1. The number of aromatic nitrogens is 2. The Morgan fingerprint density at radius 2 is 1.89 bits per heavy atom. The molecular formula is C20H18FN4O2S+. The Morgan fingerprint density at radius 3 is 2.54 bits per heavy atom. The molecule has 142 valence electrons. The van der Waals surface area contributed by atoms with E-state index in [1.165, 1.54) is 24.9 Å². The minimum Gasteiger partial charge on any atom is -0.465 e. The van der Waals surface area contributed by atoms with Crippen LogP contribution in [0.1, 0.15) is 15.9 Å². The Balaban J connectivity index is 1.93. The van der Waals surface area contributed by atoms with Crippen LogP contribution in [0.15, 0.2) is 54.9 Å². The number of quaternary nitrogens is 1. The number of ether oxygens (including phenoxy) is 1. The number of benzene rings is 2. The number of halogens is 1. The molecule has 3 N–H and O–H groups in total. The van der Waals surface area contributed by atoms with Gasteiger partial charge in [-0.15, -0.1) is 11.8 Å². The fourth-order valence-electron chi connectivity index (χ4n) is 2.63. The Bertz CT molecular complexity index is 1020. The average Bonchev–Trinajstić information content (AvgIpc) is 2.73. The van der Waals surface area contributed by atoms with Crippen LogP contribution < -0.4 is 5.32 Å². The van der Waals surface area contributed by atoms with Crippen molar-refractivity contribution < 1.29 is 19.2 Å². The number of thioether (sulfide) groups is 1. The van der Waals surface area contributed by atoms with E-state index in [2.05, 4.69) is 9.97 Å². The van der Waals surface area contributed by atoms with E-state index in [4.69, 9.17) is 10.1 Å². The summed E-state index contributed by atoms with van der Waals surface area (Å²) in [7, 11) is 1.31. The zero-order valence-corrected chi connectivity index (χ0v) is 16.1. The minimum atomic E-state index is -0.465. The number of nitrogens with zero attached hydrogens (tertiary/aromatic N) is 2. The van der Waals surface area contributed by atoms with Crippen LogP contribution in [0.25, 0.3) is 11.1 Å². The number of nitrogens with two attached hydrogens (primary N) is 1. The lowest BCUT2D eigenvalue weighted by molar-refractivity contribution is -0.487. The monoisotopic (exact) mass is 397 g/mol. The highest BCUT2D eigenvalue weighted by Gasteiger charge is 2.17. The van der Waals surface area contributed by atoms with Gasteiger partial charge in [-0.1, -0.05) is 18.2 Å². The minimum absolute atomic E-state index is 0.343. The first kappa shape index (κ1) is 19.7. The van der Waals surface area contributed by atoms with E-state index in [0.29, 0.717) is 38.9 Å². The van der Waals surface area contributed by atoms with Crippen LogP contribution in [0.5, 0.6) is 0 Å². The van der Waals surface area contributed by atoms with Crippen LogP contribution in [0.3, 0.4) is 0 Å². The van der Waals surface area contributed by atoms with Gasteiger partial charge in [0.15, 0.2) is 0 Å². The Hall–Kier alpha value is -3.10. The van der Waals surface area contributed by atoms with Crippen LogP contribution in [0.2, 0.25) is 0 Å². The first-order chi connectivity index (χ1) is 13.5. The van der Waals surface area contributed by atoms with Crippen LogP contribution in [0.4, 0.5) is 16.0 Å². The van der Waals surface area contributed by atoms with Crippen molar-refractivity contribution in [1.82, 2.24) is 9.97 Å². The molecule has 0 amide bonds. The molecule has 0 radical (unpaired) electrons. The van der Waals surface area contributed by atoms with E-state index in [9.17, 15) is 9.18 Å². The molecule has 2 aromatic carbocycles. The number of hydrogen-bond donors (Lipinski definition) is 2. The summed E-state index contributed by atoms with van der Waals surface area (Å²) in [5.74, 6) is -0.422. The molecule has 1 heterocycles. The lowest BCUT2D eigenvalue weighted by Crippen LogP contribution is -2.72. The Labute approximate surface area is 165 Å². The van der Waals surface area contributed by atoms with Crippen molar-refractivity contribution >= 4 is 34.4 Å². The molecule has 0 unspecified atom stereocenters. The molecule has 1 aromatic heterocycles. The summed E-state index contributed by atoms with van der Waals surface area (Å²) in [6.45, 7) is 0. The summed E-state index contributed by atoms with van der Waals surface area (Å²) >= 11 is 1.29. The van der Waals surface area contributed by atoms with Gasteiger partial charge in [-0.3, -0.25) is 5.41 Å². The molecule has 0 aliphatic carbocycles. The van der Waals surface area contributed by atoms with Crippen molar-refractivity contribution in [2.75, 3.05) is 13.4 Å². The lowest BCUT2D eigenvalue weighted by Gasteiger charge is -2.09. The molecule has 3 rings (SSSR count). The zero-order valence-electron chi connectivity index (χ0n) is 15.3. The number of methoxy groups -OCH3 is 1. The van der Waals surface area contributed by atoms with Crippen LogP contribution in [0, 0.1) is 11.2 Å². The smallest absolute Gasteiger partial charge is 0.338 e. The molecule has 0 saturated heterocycles. The maximum Gasteiger partial charge on any atom is 0.338 e. The van der Waals surface area contributed by atoms with E-state index in [1.54, 1.807) is 60.4 Å². The Morgan fingerprint density at radius 1 is 1.18 bits per heavy atom. The predicted octanol–water partition coefficient (Wildman–Crippen LogP) is 3.28. The third-order valence-corrected chi connectivity index (χ3v) is 4.69. The third kappa shape index (κ3) is 4.24. The first-order valence-electron chi connectivity index (χ1n) is 8.30. The van der Waals surface area contributed by atoms with Crippen molar-refractivity contribution in [3.05, 3.63) is 71.8 Å². The quantitative estimate of drug-likeness (QED) is 0.298. The summed E-state index contributed by atoms with van der Waals surface area (Å²) in [6.07, 6.45) is 4.89. The molecule has 3 aromatic rings. The van der Waals surface area contributed by atoms with E-state index in [0.717, 1.165) is 0 Å². The van der Waals surface area contributed by atoms with Gasteiger partial charge in [0.2, 0.25) is 0 Å². The van der Waals surface area contributed by atoms with Crippen LogP contribution in [-0.4, -0.2) is 34.3 Å². The van der Waals surface area contributed by atoms with Crippen molar-refractivity contribution in [1.29, 1.82) is 5.41 Å². The van der Waals surface area contributed by atoms with Crippen LogP contribution in [-0.2, 0) is 4.74 Å². The summed E-state index contributed by atoms with van der Waals surface area (Å²) in [5, 5.41) is 10.2.